The molecular formula is C12H15ClN2O2. The maximum atomic E-state index is 11.3. The van der Waals surface area contributed by atoms with E-state index in [1.54, 1.807) is 0 Å². The van der Waals surface area contributed by atoms with Crippen LogP contribution in [0, 0.1) is 0 Å². The van der Waals surface area contributed by atoms with E-state index in [-0.39, 0.29) is 11.9 Å². The van der Waals surface area contributed by atoms with Gasteiger partial charge in [-0.15, -0.1) is 11.6 Å². The average molecular weight is 255 g/mol. The zero-order valence-electron chi connectivity index (χ0n) is 9.57. The Bertz CT molecular complexity index is 381. The van der Waals surface area contributed by atoms with Gasteiger partial charge in [-0.05, 0) is 18.9 Å². The number of amides is 3. The molecule has 0 heterocycles. The van der Waals surface area contributed by atoms with Crippen molar-refractivity contribution in [3.05, 3.63) is 35.9 Å². The molecule has 0 aromatic heterocycles. The van der Waals surface area contributed by atoms with Crippen LogP contribution in [0.1, 0.15) is 12.5 Å². The Balaban J connectivity index is 2.37. The van der Waals surface area contributed by atoms with Gasteiger partial charge in [0.1, 0.15) is 5.88 Å². The summed E-state index contributed by atoms with van der Waals surface area (Å²) in [4.78, 5) is 22.2. The molecule has 4 nitrogen and oxygen atoms in total. The molecule has 92 valence electrons. The molecule has 0 aliphatic rings. The first kappa shape index (κ1) is 13.5. The Morgan fingerprint density at radius 1 is 1.29 bits per heavy atom. The molecule has 1 rings (SSSR count). The van der Waals surface area contributed by atoms with E-state index in [4.69, 9.17) is 11.6 Å². The Morgan fingerprint density at radius 2 is 1.94 bits per heavy atom. The number of carbonyl (C=O) groups excluding carboxylic acids is 2. The number of carbonyl (C=O) groups is 2. The van der Waals surface area contributed by atoms with Crippen LogP contribution >= 0.6 is 11.6 Å². The second kappa shape index (κ2) is 6.91. The lowest BCUT2D eigenvalue weighted by Crippen LogP contribution is -2.44. The maximum absolute atomic E-state index is 11.3. The van der Waals surface area contributed by atoms with Gasteiger partial charge in [-0.1, -0.05) is 30.3 Å². The van der Waals surface area contributed by atoms with Crippen molar-refractivity contribution < 1.29 is 9.59 Å². The van der Waals surface area contributed by atoms with Crippen LogP contribution in [-0.4, -0.2) is 23.9 Å². The van der Waals surface area contributed by atoms with Gasteiger partial charge in [-0.3, -0.25) is 10.1 Å². The standard InChI is InChI=1S/C12H15ClN2O2/c1-9(7-10-5-3-2-4-6-10)14-12(17)15-11(16)8-13/h2-6,9H,7-8H2,1H3,(H2,14,15,16,17). The lowest BCUT2D eigenvalue weighted by Gasteiger charge is -2.13. The van der Waals surface area contributed by atoms with Crippen molar-refractivity contribution in [3.8, 4) is 0 Å². The molecule has 0 saturated heterocycles. The summed E-state index contributed by atoms with van der Waals surface area (Å²) in [6, 6.07) is 9.23. The molecule has 1 aromatic carbocycles. The zero-order chi connectivity index (χ0) is 12.7. The quantitative estimate of drug-likeness (QED) is 0.804. The van der Waals surface area contributed by atoms with E-state index < -0.39 is 11.9 Å². The van der Waals surface area contributed by atoms with Crippen molar-refractivity contribution >= 4 is 23.5 Å². The molecule has 2 N–H and O–H groups in total. The Morgan fingerprint density at radius 3 is 2.53 bits per heavy atom. The summed E-state index contributed by atoms with van der Waals surface area (Å²) >= 11 is 5.27. The summed E-state index contributed by atoms with van der Waals surface area (Å²) in [6.45, 7) is 1.87. The predicted octanol–water partition coefficient (Wildman–Crippen LogP) is 1.68. The zero-order valence-corrected chi connectivity index (χ0v) is 10.3. The van der Waals surface area contributed by atoms with Gasteiger partial charge >= 0.3 is 6.03 Å². The first-order chi connectivity index (χ1) is 8.11. The highest BCUT2D eigenvalue weighted by atomic mass is 35.5. The van der Waals surface area contributed by atoms with Crippen LogP contribution in [0.25, 0.3) is 0 Å². The molecule has 0 aliphatic heterocycles. The summed E-state index contributed by atoms with van der Waals surface area (Å²) in [7, 11) is 0. The summed E-state index contributed by atoms with van der Waals surface area (Å²) in [6.07, 6.45) is 0.712. The largest absolute Gasteiger partial charge is 0.335 e. The number of hydrogen-bond acceptors (Lipinski definition) is 2. The minimum absolute atomic E-state index is 0.0551. The second-order valence-corrected chi connectivity index (χ2v) is 4.01. The van der Waals surface area contributed by atoms with E-state index in [9.17, 15) is 9.59 Å². The topological polar surface area (TPSA) is 58.2 Å². The minimum atomic E-state index is -0.515. The smallest absolute Gasteiger partial charge is 0.321 e. The van der Waals surface area contributed by atoms with Gasteiger partial charge in [-0.2, -0.15) is 0 Å². The van der Waals surface area contributed by atoms with E-state index >= 15 is 0 Å². The molecular weight excluding hydrogens is 240 g/mol. The van der Waals surface area contributed by atoms with Crippen LogP contribution < -0.4 is 10.6 Å². The fraction of sp³-hybridized carbons (Fsp3) is 0.333. The van der Waals surface area contributed by atoms with Gasteiger partial charge in [0.2, 0.25) is 5.91 Å². The first-order valence-electron chi connectivity index (χ1n) is 5.32. The second-order valence-electron chi connectivity index (χ2n) is 3.75. The van der Waals surface area contributed by atoms with Gasteiger partial charge < -0.3 is 5.32 Å². The van der Waals surface area contributed by atoms with Crippen molar-refractivity contribution in [2.75, 3.05) is 5.88 Å². The van der Waals surface area contributed by atoms with Crippen molar-refractivity contribution in [1.82, 2.24) is 10.6 Å². The molecule has 17 heavy (non-hydrogen) atoms. The van der Waals surface area contributed by atoms with Crippen molar-refractivity contribution in [2.45, 2.75) is 19.4 Å². The molecule has 0 spiro atoms. The highest BCUT2D eigenvalue weighted by Crippen LogP contribution is 2.02. The first-order valence-corrected chi connectivity index (χ1v) is 5.85. The van der Waals surface area contributed by atoms with E-state index in [0.29, 0.717) is 6.42 Å². The number of benzene rings is 1. The van der Waals surface area contributed by atoms with Crippen LogP contribution in [0.15, 0.2) is 30.3 Å². The number of alkyl halides is 1. The van der Waals surface area contributed by atoms with Gasteiger partial charge in [0.25, 0.3) is 0 Å². The monoisotopic (exact) mass is 254 g/mol. The van der Waals surface area contributed by atoms with Crippen molar-refractivity contribution in [3.63, 3.8) is 0 Å². The van der Waals surface area contributed by atoms with E-state index in [1.807, 2.05) is 37.3 Å². The number of nitrogens with one attached hydrogen (secondary N) is 2. The number of hydrogen-bond donors (Lipinski definition) is 2. The fourth-order valence-electron chi connectivity index (χ4n) is 1.44. The summed E-state index contributed by atoms with van der Waals surface area (Å²) < 4.78 is 0. The van der Waals surface area contributed by atoms with E-state index in [1.165, 1.54) is 0 Å². The van der Waals surface area contributed by atoms with Crippen LogP contribution in [0.3, 0.4) is 0 Å². The van der Waals surface area contributed by atoms with Gasteiger partial charge in [0.15, 0.2) is 0 Å². The third-order valence-electron chi connectivity index (χ3n) is 2.14. The van der Waals surface area contributed by atoms with Gasteiger partial charge in [0.05, 0.1) is 0 Å². The minimum Gasteiger partial charge on any atom is -0.335 e. The molecule has 0 aliphatic carbocycles. The predicted molar refractivity (Wildman–Crippen MR) is 67.0 cm³/mol. The number of urea groups is 1. The van der Waals surface area contributed by atoms with E-state index in [0.717, 1.165) is 5.56 Å². The normalized spacial score (nSPS) is 11.6. The lowest BCUT2D eigenvalue weighted by molar-refractivity contribution is -0.117. The molecule has 3 amide bonds. The molecule has 1 atom stereocenters. The molecule has 1 aromatic rings. The third kappa shape index (κ3) is 5.36. The van der Waals surface area contributed by atoms with Crippen LogP contribution in [0.5, 0.6) is 0 Å². The van der Waals surface area contributed by atoms with Crippen LogP contribution in [-0.2, 0) is 11.2 Å². The Labute approximate surface area is 105 Å². The maximum Gasteiger partial charge on any atom is 0.321 e. The highest BCUT2D eigenvalue weighted by molar-refractivity contribution is 6.28. The van der Waals surface area contributed by atoms with Crippen molar-refractivity contribution in [1.29, 1.82) is 0 Å². The Hall–Kier alpha value is -1.55. The average Bonchev–Trinajstić information content (AvgIpc) is 2.29. The van der Waals surface area contributed by atoms with Gasteiger partial charge in [-0.25, -0.2) is 4.79 Å². The van der Waals surface area contributed by atoms with Gasteiger partial charge in [0, 0.05) is 6.04 Å². The number of imide groups is 1. The van der Waals surface area contributed by atoms with Crippen molar-refractivity contribution in [2.24, 2.45) is 0 Å². The fourth-order valence-corrected chi connectivity index (χ4v) is 1.51. The van der Waals surface area contributed by atoms with Crippen LogP contribution in [0.2, 0.25) is 0 Å². The lowest BCUT2D eigenvalue weighted by atomic mass is 10.1. The SMILES string of the molecule is CC(Cc1ccccc1)NC(=O)NC(=O)CCl. The number of rotatable bonds is 4. The molecule has 0 radical (unpaired) electrons. The number of halogens is 1. The third-order valence-corrected chi connectivity index (χ3v) is 2.38. The molecule has 0 saturated carbocycles. The Kier molecular flexibility index (Phi) is 5.49. The molecule has 1 unspecified atom stereocenters. The molecule has 0 bridgehead atoms. The van der Waals surface area contributed by atoms with E-state index in [2.05, 4.69) is 10.6 Å². The summed E-state index contributed by atoms with van der Waals surface area (Å²) in [5.74, 6) is -0.725. The highest BCUT2D eigenvalue weighted by Gasteiger charge is 2.10. The molecule has 5 heteroatoms. The summed E-state index contributed by atoms with van der Waals surface area (Å²) in [5, 5.41) is 4.79. The van der Waals surface area contributed by atoms with Crippen LogP contribution in [0.4, 0.5) is 4.79 Å². The summed E-state index contributed by atoms with van der Waals surface area (Å²) in [5.41, 5.74) is 1.13. The molecule has 0 fully saturated rings.